The predicted octanol–water partition coefficient (Wildman–Crippen LogP) is 2.34. The Labute approximate surface area is 151 Å². The van der Waals surface area contributed by atoms with E-state index in [1.54, 1.807) is 42.7 Å². The fourth-order valence-corrected chi connectivity index (χ4v) is 4.96. The van der Waals surface area contributed by atoms with E-state index >= 15 is 0 Å². The second-order valence-corrected chi connectivity index (χ2v) is 8.04. The molecule has 0 spiro atoms. The third-order valence-electron chi connectivity index (χ3n) is 4.34. The Bertz CT molecular complexity index is 1030. The first kappa shape index (κ1) is 16.4. The highest BCUT2D eigenvalue weighted by atomic mass is 35.5. The Morgan fingerprint density at radius 1 is 1.08 bits per heavy atom. The van der Waals surface area contributed by atoms with E-state index in [0.717, 1.165) is 31.9 Å². The molecule has 0 unspecified atom stereocenters. The van der Waals surface area contributed by atoms with Gasteiger partial charge >= 0.3 is 0 Å². The molecule has 4 rings (SSSR count). The molecule has 1 aromatic carbocycles. The van der Waals surface area contributed by atoms with Gasteiger partial charge in [-0.15, -0.1) is 0 Å². The molecule has 0 amide bonds. The fourth-order valence-electron chi connectivity index (χ4n) is 3.11. The number of piperazine rings is 1. The van der Waals surface area contributed by atoms with Crippen LogP contribution in [0.25, 0.3) is 11.0 Å². The van der Waals surface area contributed by atoms with Crippen LogP contribution in [0.2, 0.25) is 5.02 Å². The molecule has 1 fully saturated rings. The summed E-state index contributed by atoms with van der Waals surface area (Å²) >= 11 is 6.14. The summed E-state index contributed by atoms with van der Waals surface area (Å²) < 4.78 is 27.7. The number of hydrogen-bond donors (Lipinski definition) is 1. The zero-order valence-electron chi connectivity index (χ0n) is 13.4. The van der Waals surface area contributed by atoms with E-state index in [2.05, 4.69) is 15.2 Å². The molecule has 1 N–H and O–H groups in total. The zero-order valence-corrected chi connectivity index (χ0v) is 15.0. The van der Waals surface area contributed by atoms with Crippen molar-refractivity contribution in [1.82, 2.24) is 14.3 Å². The van der Waals surface area contributed by atoms with Crippen LogP contribution in [0.1, 0.15) is 0 Å². The van der Waals surface area contributed by atoms with Crippen molar-refractivity contribution >= 4 is 38.3 Å². The number of aromatic nitrogens is 2. The summed E-state index contributed by atoms with van der Waals surface area (Å²) in [6, 6.07) is 9.98. The molecule has 3 aromatic rings. The van der Waals surface area contributed by atoms with E-state index in [0.29, 0.717) is 11.0 Å². The van der Waals surface area contributed by atoms with Gasteiger partial charge in [0.25, 0.3) is 10.0 Å². The van der Waals surface area contributed by atoms with E-state index in [9.17, 15) is 8.42 Å². The minimum Gasteiger partial charge on any atom is -0.366 e. The summed E-state index contributed by atoms with van der Waals surface area (Å²) in [5.74, 6) is 0. The number of nitrogens with zero attached hydrogens (tertiary/aromatic N) is 3. The Morgan fingerprint density at radius 3 is 2.60 bits per heavy atom. The summed E-state index contributed by atoms with van der Waals surface area (Å²) in [6.07, 6.45) is 3.34. The minimum absolute atomic E-state index is 0.0873. The molecule has 0 atom stereocenters. The van der Waals surface area contributed by atoms with Crippen LogP contribution in [0.5, 0.6) is 0 Å². The zero-order chi connectivity index (χ0) is 17.4. The van der Waals surface area contributed by atoms with E-state index in [-0.39, 0.29) is 9.92 Å². The maximum absolute atomic E-state index is 13.2. The molecule has 25 heavy (non-hydrogen) atoms. The largest absolute Gasteiger partial charge is 0.366 e. The highest BCUT2D eigenvalue weighted by Crippen LogP contribution is 2.32. The number of pyridine rings is 1. The first-order valence-corrected chi connectivity index (χ1v) is 9.83. The molecule has 1 aliphatic rings. The molecule has 1 aliphatic heterocycles. The highest BCUT2D eigenvalue weighted by molar-refractivity contribution is 7.90. The second-order valence-electron chi connectivity index (χ2n) is 5.85. The number of rotatable bonds is 3. The molecular weight excluding hydrogens is 360 g/mol. The van der Waals surface area contributed by atoms with Crippen LogP contribution in [-0.2, 0) is 10.0 Å². The molecule has 3 heterocycles. The number of halogens is 1. The Hall–Kier alpha value is -2.09. The number of anilines is 1. The molecule has 0 saturated carbocycles. The van der Waals surface area contributed by atoms with Gasteiger partial charge in [-0.05, 0) is 24.3 Å². The Kier molecular flexibility index (Phi) is 4.15. The van der Waals surface area contributed by atoms with Crippen LogP contribution in [0.4, 0.5) is 5.69 Å². The van der Waals surface area contributed by atoms with E-state index in [1.165, 1.54) is 10.0 Å². The van der Waals surface area contributed by atoms with Gasteiger partial charge < -0.3 is 10.2 Å². The van der Waals surface area contributed by atoms with Gasteiger partial charge in [0.1, 0.15) is 10.4 Å². The third-order valence-corrected chi connectivity index (χ3v) is 6.51. The smallest absolute Gasteiger partial charge is 0.269 e. The van der Waals surface area contributed by atoms with Crippen molar-refractivity contribution in [3.63, 3.8) is 0 Å². The van der Waals surface area contributed by atoms with Gasteiger partial charge in [-0.25, -0.2) is 12.4 Å². The van der Waals surface area contributed by atoms with Crippen LogP contribution >= 0.6 is 11.6 Å². The standard InChI is InChI=1S/C17H17ClN4O2S/c18-13-4-1-2-6-16(13)25(23,24)22-12-15(21-10-8-19-9-11-21)17-14(22)5-3-7-20-17/h1-7,12,19H,8-11H2. The van der Waals surface area contributed by atoms with Crippen LogP contribution in [0.15, 0.2) is 53.7 Å². The summed E-state index contributed by atoms with van der Waals surface area (Å²) in [7, 11) is -3.81. The maximum atomic E-state index is 13.2. The monoisotopic (exact) mass is 376 g/mol. The summed E-state index contributed by atoms with van der Waals surface area (Å²) in [5, 5.41) is 3.50. The average molecular weight is 377 g/mol. The molecule has 0 aliphatic carbocycles. The Balaban J connectivity index is 1.92. The molecule has 8 heteroatoms. The van der Waals surface area contributed by atoms with Crippen molar-refractivity contribution in [3.8, 4) is 0 Å². The third kappa shape index (κ3) is 2.78. The van der Waals surface area contributed by atoms with E-state index in [4.69, 9.17) is 11.6 Å². The van der Waals surface area contributed by atoms with Gasteiger partial charge in [-0.3, -0.25) is 4.98 Å². The first-order chi connectivity index (χ1) is 12.1. The van der Waals surface area contributed by atoms with Crippen molar-refractivity contribution in [3.05, 3.63) is 53.8 Å². The summed E-state index contributed by atoms with van der Waals surface area (Å²) in [5.41, 5.74) is 2.06. The molecule has 130 valence electrons. The lowest BCUT2D eigenvalue weighted by Crippen LogP contribution is -2.43. The van der Waals surface area contributed by atoms with Crippen molar-refractivity contribution in [2.24, 2.45) is 0 Å². The van der Waals surface area contributed by atoms with Crippen LogP contribution in [0, 0.1) is 0 Å². The van der Waals surface area contributed by atoms with Crippen LogP contribution in [0.3, 0.4) is 0 Å². The highest BCUT2D eigenvalue weighted by Gasteiger charge is 2.26. The van der Waals surface area contributed by atoms with Crippen molar-refractivity contribution < 1.29 is 8.42 Å². The first-order valence-electron chi connectivity index (χ1n) is 8.01. The average Bonchev–Trinajstić information content (AvgIpc) is 3.03. The van der Waals surface area contributed by atoms with Gasteiger partial charge in [-0.2, -0.15) is 0 Å². The van der Waals surface area contributed by atoms with Crippen LogP contribution < -0.4 is 10.2 Å². The van der Waals surface area contributed by atoms with E-state index in [1.807, 2.05) is 0 Å². The number of fused-ring (bicyclic) bond motifs is 1. The molecule has 0 bridgehead atoms. The van der Waals surface area contributed by atoms with Gasteiger partial charge in [0.15, 0.2) is 0 Å². The SMILES string of the molecule is O=S(=O)(c1ccccc1Cl)n1cc(N2CCNCC2)c2ncccc21. The van der Waals surface area contributed by atoms with E-state index < -0.39 is 10.0 Å². The normalized spacial score (nSPS) is 15.6. The minimum atomic E-state index is -3.81. The number of nitrogens with one attached hydrogen (secondary N) is 1. The predicted molar refractivity (Wildman–Crippen MR) is 98.9 cm³/mol. The lowest BCUT2D eigenvalue weighted by atomic mass is 10.3. The second kappa shape index (κ2) is 6.33. The van der Waals surface area contributed by atoms with Crippen molar-refractivity contribution in [1.29, 1.82) is 0 Å². The lowest BCUT2D eigenvalue weighted by molar-refractivity contribution is 0.586. The lowest BCUT2D eigenvalue weighted by Gasteiger charge is -2.28. The molecular formula is C17H17ClN4O2S. The maximum Gasteiger partial charge on any atom is 0.269 e. The van der Waals surface area contributed by atoms with Crippen molar-refractivity contribution in [2.75, 3.05) is 31.1 Å². The van der Waals surface area contributed by atoms with Gasteiger partial charge in [0, 0.05) is 38.6 Å². The topological polar surface area (TPSA) is 67.2 Å². The quantitative estimate of drug-likeness (QED) is 0.760. The van der Waals surface area contributed by atoms with Crippen LogP contribution in [-0.4, -0.2) is 43.6 Å². The van der Waals surface area contributed by atoms with Gasteiger partial charge in [0.2, 0.25) is 0 Å². The molecule has 2 aromatic heterocycles. The number of hydrogen-bond acceptors (Lipinski definition) is 5. The summed E-state index contributed by atoms with van der Waals surface area (Å²) in [4.78, 5) is 6.67. The number of benzene rings is 1. The molecule has 0 radical (unpaired) electrons. The van der Waals surface area contributed by atoms with Crippen molar-refractivity contribution in [2.45, 2.75) is 4.90 Å². The molecule has 6 nitrogen and oxygen atoms in total. The fraction of sp³-hybridized carbons (Fsp3) is 0.235. The molecule has 1 saturated heterocycles. The Morgan fingerprint density at radius 2 is 1.84 bits per heavy atom. The van der Waals surface area contributed by atoms with Gasteiger partial charge in [-0.1, -0.05) is 23.7 Å². The van der Waals surface area contributed by atoms with Gasteiger partial charge in [0.05, 0.1) is 16.2 Å². The summed E-state index contributed by atoms with van der Waals surface area (Å²) in [6.45, 7) is 3.33.